The van der Waals surface area contributed by atoms with E-state index in [0.29, 0.717) is 15.6 Å². The van der Waals surface area contributed by atoms with Gasteiger partial charge in [0.2, 0.25) is 5.91 Å². The van der Waals surface area contributed by atoms with E-state index in [1.807, 2.05) is 30.0 Å². The number of hydrogen-bond acceptors (Lipinski definition) is 5. The zero-order chi connectivity index (χ0) is 19.4. The number of carbonyl (C=O) groups excluding carboxylic acids is 1. The van der Waals surface area contributed by atoms with Crippen LogP contribution in [0, 0.1) is 18.3 Å². The minimum Gasteiger partial charge on any atom is -0.339 e. The molecule has 7 heteroatoms. The van der Waals surface area contributed by atoms with Crippen LogP contribution in [0.4, 0.5) is 0 Å². The summed E-state index contributed by atoms with van der Waals surface area (Å²) in [5.41, 5.74) is 3.04. The lowest BCUT2D eigenvalue weighted by Gasteiger charge is -2.32. The third-order valence-corrected chi connectivity index (χ3v) is 5.78. The van der Waals surface area contributed by atoms with Crippen LogP contribution in [0.5, 0.6) is 0 Å². The molecule has 27 heavy (non-hydrogen) atoms. The van der Waals surface area contributed by atoms with Gasteiger partial charge < -0.3 is 9.80 Å². The summed E-state index contributed by atoms with van der Waals surface area (Å²) < 4.78 is 0. The van der Waals surface area contributed by atoms with Gasteiger partial charge >= 0.3 is 0 Å². The Bertz CT molecular complexity index is 871. The van der Waals surface area contributed by atoms with Gasteiger partial charge in [0, 0.05) is 42.5 Å². The van der Waals surface area contributed by atoms with E-state index in [1.165, 1.54) is 11.8 Å². The Labute approximate surface area is 168 Å². The molecule has 140 valence electrons. The van der Waals surface area contributed by atoms with Gasteiger partial charge in [-0.05, 0) is 37.7 Å². The molecule has 0 aliphatic carbocycles. The Morgan fingerprint density at radius 2 is 1.93 bits per heavy atom. The van der Waals surface area contributed by atoms with Crippen molar-refractivity contribution in [1.29, 1.82) is 5.26 Å². The highest BCUT2D eigenvalue weighted by Gasteiger charge is 2.20. The van der Waals surface area contributed by atoms with Crippen LogP contribution >= 0.6 is 23.4 Å². The maximum atomic E-state index is 12.5. The van der Waals surface area contributed by atoms with Gasteiger partial charge in [-0.3, -0.25) is 4.79 Å². The lowest BCUT2D eigenvalue weighted by molar-refractivity contribution is -0.129. The van der Waals surface area contributed by atoms with Gasteiger partial charge in [-0.2, -0.15) is 5.26 Å². The highest BCUT2D eigenvalue weighted by molar-refractivity contribution is 8.00. The highest BCUT2D eigenvalue weighted by Crippen LogP contribution is 2.31. The van der Waals surface area contributed by atoms with E-state index < -0.39 is 0 Å². The molecule has 1 aromatic carbocycles. The molecule has 1 saturated heterocycles. The Morgan fingerprint density at radius 3 is 2.56 bits per heavy atom. The molecule has 1 aliphatic rings. The monoisotopic (exact) mass is 400 g/mol. The number of pyridine rings is 1. The summed E-state index contributed by atoms with van der Waals surface area (Å²) in [4.78, 5) is 21.1. The summed E-state index contributed by atoms with van der Waals surface area (Å²) in [6, 6.07) is 11.6. The molecular weight excluding hydrogens is 380 g/mol. The van der Waals surface area contributed by atoms with Crippen molar-refractivity contribution in [2.75, 3.05) is 39.0 Å². The number of benzene rings is 1. The fraction of sp³-hybridized carbons (Fsp3) is 0.350. The van der Waals surface area contributed by atoms with Crippen molar-refractivity contribution in [3.63, 3.8) is 0 Å². The normalized spacial score (nSPS) is 14.8. The summed E-state index contributed by atoms with van der Waals surface area (Å²) in [6.45, 7) is 5.18. The van der Waals surface area contributed by atoms with Crippen LogP contribution in [-0.4, -0.2) is 59.7 Å². The number of amides is 1. The topological polar surface area (TPSA) is 60.2 Å². The second kappa shape index (κ2) is 8.75. The predicted octanol–water partition coefficient (Wildman–Crippen LogP) is 3.45. The van der Waals surface area contributed by atoms with Crippen molar-refractivity contribution in [2.45, 2.75) is 11.9 Å². The number of piperazine rings is 1. The molecule has 0 bridgehead atoms. The largest absolute Gasteiger partial charge is 0.339 e. The molecule has 0 saturated carbocycles. The maximum absolute atomic E-state index is 12.5. The molecule has 5 nitrogen and oxygen atoms in total. The predicted molar refractivity (Wildman–Crippen MR) is 109 cm³/mol. The zero-order valence-electron chi connectivity index (χ0n) is 15.4. The Morgan fingerprint density at radius 1 is 1.26 bits per heavy atom. The number of thioether (sulfide) groups is 1. The third-order valence-electron chi connectivity index (χ3n) is 4.57. The first-order valence-corrected chi connectivity index (χ1v) is 10.1. The average molecular weight is 401 g/mol. The van der Waals surface area contributed by atoms with Gasteiger partial charge in [-0.1, -0.05) is 35.5 Å². The van der Waals surface area contributed by atoms with E-state index in [4.69, 9.17) is 11.6 Å². The SMILES string of the molecule is Cc1cc(-c2ccc(Cl)cc2)c(C#N)c(SCC(=O)N2CCN(C)CC2)n1. The van der Waals surface area contributed by atoms with Crippen LogP contribution in [0.2, 0.25) is 5.02 Å². The molecule has 0 N–H and O–H groups in total. The standard InChI is InChI=1S/C20H21ClN4OS/c1-14-11-17(15-3-5-16(21)6-4-15)18(12-22)20(23-14)27-13-19(26)25-9-7-24(2)8-10-25/h3-6,11H,7-10,13H2,1-2H3. The molecule has 3 rings (SSSR count). The lowest BCUT2D eigenvalue weighted by atomic mass is 10.0. The van der Waals surface area contributed by atoms with E-state index in [1.54, 1.807) is 12.1 Å². The first-order chi connectivity index (χ1) is 13.0. The van der Waals surface area contributed by atoms with Crippen LogP contribution in [0.25, 0.3) is 11.1 Å². The van der Waals surface area contributed by atoms with Gasteiger partial charge in [-0.15, -0.1) is 0 Å². The quantitative estimate of drug-likeness (QED) is 0.735. The van der Waals surface area contributed by atoms with Gasteiger partial charge in [0.05, 0.1) is 11.3 Å². The van der Waals surface area contributed by atoms with Crippen molar-refractivity contribution in [3.8, 4) is 17.2 Å². The van der Waals surface area contributed by atoms with Crippen LogP contribution in [0.15, 0.2) is 35.4 Å². The Hall–Kier alpha value is -2.07. The molecule has 1 amide bonds. The number of hydrogen-bond donors (Lipinski definition) is 0. The number of aryl methyl sites for hydroxylation is 1. The van der Waals surface area contributed by atoms with E-state index in [-0.39, 0.29) is 11.7 Å². The van der Waals surface area contributed by atoms with E-state index in [0.717, 1.165) is 43.0 Å². The minimum absolute atomic E-state index is 0.0911. The van der Waals surface area contributed by atoms with Gasteiger partial charge in [0.15, 0.2) is 0 Å². The number of halogens is 1. The van der Waals surface area contributed by atoms with Crippen LogP contribution in [0.1, 0.15) is 11.3 Å². The summed E-state index contributed by atoms with van der Waals surface area (Å²) >= 11 is 7.31. The number of rotatable bonds is 4. The zero-order valence-corrected chi connectivity index (χ0v) is 17.0. The highest BCUT2D eigenvalue weighted by atomic mass is 35.5. The van der Waals surface area contributed by atoms with Gasteiger partial charge in [0.1, 0.15) is 11.1 Å². The Balaban J connectivity index is 1.80. The molecule has 1 aromatic heterocycles. The maximum Gasteiger partial charge on any atom is 0.233 e. The van der Waals surface area contributed by atoms with Crippen LogP contribution < -0.4 is 0 Å². The molecule has 0 atom stereocenters. The van der Waals surface area contributed by atoms with Crippen molar-refractivity contribution in [3.05, 3.63) is 46.6 Å². The van der Waals surface area contributed by atoms with E-state index in [9.17, 15) is 10.1 Å². The average Bonchev–Trinajstić information content (AvgIpc) is 2.66. The Kier molecular flexibility index (Phi) is 6.38. The van der Waals surface area contributed by atoms with Gasteiger partial charge in [-0.25, -0.2) is 4.98 Å². The van der Waals surface area contributed by atoms with Crippen LogP contribution in [-0.2, 0) is 4.79 Å². The smallest absolute Gasteiger partial charge is 0.233 e. The number of carbonyl (C=O) groups is 1. The number of nitrogens with zero attached hydrogens (tertiary/aromatic N) is 4. The van der Waals surface area contributed by atoms with Crippen molar-refractivity contribution in [1.82, 2.24) is 14.8 Å². The molecule has 0 spiro atoms. The lowest BCUT2D eigenvalue weighted by Crippen LogP contribution is -2.47. The van der Waals surface area contributed by atoms with E-state index in [2.05, 4.69) is 23.0 Å². The molecule has 1 fully saturated rings. The summed E-state index contributed by atoms with van der Waals surface area (Å²) in [5.74, 6) is 0.378. The summed E-state index contributed by atoms with van der Waals surface area (Å²) in [7, 11) is 2.06. The first kappa shape index (κ1) is 19.7. The summed E-state index contributed by atoms with van der Waals surface area (Å²) in [5, 5.41) is 11.0. The van der Waals surface area contributed by atoms with Gasteiger partial charge in [0.25, 0.3) is 0 Å². The molecular formula is C20H21ClN4OS. The van der Waals surface area contributed by atoms with Crippen molar-refractivity contribution in [2.24, 2.45) is 0 Å². The second-order valence-electron chi connectivity index (χ2n) is 6.58. The number of aromatic nitrogens is 1. The van der Waals surface area contributed by atoms with E-state index >= 15 is 0 Å². The molecule has 2 aromatic rings. The molecule has 0 unspecified atom stereocenters. The fourth-order valence-corrected chi connectivity index (χ4v) is 4.07. The second-order valence-corrected chi connectivity index (χ2v) is 7.98. The van der Waals surface area contributed by atoms with Crippen molar-refractivity contribution >= 4 is 29.3 Å². The molecule has 2 heterocycles. The summed E-state index contributed by atoms with van der Waals surface area (Å²) in [6.07, 6.45) is 0. The fourth-order valence-electron chi connectivity index (χ4n) is 2.99. The first-order valence-electron chi connectivity index (χ1n) is 8.74. The molecule has 1 aliphatic heterocycles. The third kappa shape index (κ3) is 4.81. The number of likely N-dealkylation sites (N-methyl/N-ethyl adjacent to an activating group) is 1. The minimum atomic E-state index is 0.0911. The van der Waals surface area contributed by atoms with Crippen molar-refractivity contribution < 1.29 is 4.79 Å². The number of nitriles is 1. The molecule has 0 radical (unpaired) electrons. The van der Waals surface area contributed by atoms with Crippen LogP contribution in [0.3, 0.4) is 0 Å².